The van der Waals surface area contributed by atoms with E-state index in [1.165, 1.54) is 6.07 Å². The Kier molecular flexibility index (Phi) is 7.32. The van der Waals surface area contributed by atoms with Crippen LogP contribution in [0.1, 0.15) is 24.2 Å². The first-order chi connectivity index (χ1) is 9.90. The van der Waals surface area contributed by atoms with Gasteiger partial charge < -0.3 is 15.4 Å². The second kappa shape index (κ2) is 8.74. The van der Waals surface area contributed by atoms with E-state index in [9.17, 15) is 9.59 Å². The molecule has 1 rings (SSSR count). The highest BCUT2D eigenvalue weighted by atomic mass is 35.5. The zero-order chi connectivity index (χ0) is 15.8. The van der Waals surface area contributed by atoms with Crippen molar-refractivity contribution in [3.8, 4) is 0 Å². The van der Waals surface area contributed by atoms with Crippen LogP contribution in [0.2, 0.25) is 10.0 Å². The van der Waals surface area contributed by atoms with Crippen LogP contribution in [0.25, 0.3) is 0 Å². The molecule has 0 heterocycles. The number of ether oxygens (including phenoxy) is 1. The largest absolute Gasteiger partial charge is 0.449 e. The van der Waals surface area contributed by atoms with E-state index in [0.717, 1.165) is 0 Å². The maximum absolute atomic E-state index is 11.9. The Morgan fingerprint density at radius 1 is 1.19 bits per heavy atom. The smallest absolute Gasteiger partial charge is 0.407 e. The van der Waals surface area contributed by atoms with Crippen molar-refractivity contribution >= 4 is 35.2 Å². The summed E-state index contributed by atoms with van der Waals surface area (Å²) in [7, 11) is 0. The number of alkyl carbamates (subject to hydrolysis) is 1. The van der Waals surface area contributed by atoms with Gasteiger partial charge >= 0.3 is 6.09 Å². The minimum Gasteiger partial charge on any atom is -0.449 e. The predicted molar refractivity (Wildman–Crippen MR) is 83.0 cm³/mol. The molecule has 0 aliphatic carbocycles. The number of hydrogen-bond acceptors (Lipinski definition) is 3. The molecule has 0 aliphatic heterocycles. The molecule has 0 atom stereocenters. The second-order valence-corrected chi connectivity index (χ2v) is 5.64. The molecule has 0 radical (unpaired) electrons. The van der Waals surface area contributed by atoms with E-state index >= 15 is 0 Å². The van der Waals surface area contributed by atoms with Gasteiger partial charge in [0.1, 0.15) is 0 Å². The molecule has 116 valence electrons. The van der Waals surface area contributed by atoms with Gasteiger partial charge in [0.2, 0.25) is 0 Å². The Hall–Kier alpha value is -1.46. The normalized spacial score (nSPS) is 10.3. The maximum Gasteiger partial charge on any atom is 0.407 e. The molecule has 0 spiro atoms. The number of rotatable bonds is 6. The number of carbonyl (C=O) groups is 2. The molecule has 0 aliphatic rings. The lowest BCUT2D eigenvalue weighted by Gasteiger charge is -2.10. The predicted octanol–water partition coefficient (Wildman–Crippen LogP) is 3.11. The van der Waals surface area contributed by atoms with Gasteiger partial charge in [-0.2, -0.15) is 0 Å². The van der Waals surface area contributed by atoms with Crippen LogP contribution in [-0.2, 0) is 4.74 Å². The first-order valence-corrected chi connectivity index (χ1v) is 7.29. The molecule has 7 heteroatoms. The summed E-state index contributed by atoms with van der Waals surface area (Å²) < 4.78 is 4.93. The molecule has 1 aromatic rings. The lowest BCUT2D eigenvalue weighted by Crippen LogP contribution is -2.35. The van der Waals surface area contributed by atoms with E-state index in [4.69, 9.17) is 27.9 Å². The summed E-state index contributed by atoms with van der Waals surface area (Å²) in [5, 5.41) is 5.92. The Morgan fingerprint density at radius 2 is 1.86 bits per heavy atom. The fraction of sp³-hybridized carbons (Fsp3) is 0.429. The summed E-state index contributed by atoms with van der Waals surface area (Å²) in [4.78, 5) is 23.2. The molecule has 0 unspecified atom stereocenters. The van der Waals surface area contributed by atoms with Crippen LogP contribution in [-0.4, -0.2) is 31.7 Å². The van der Waals surface area contributed by atoms with Gasteiger partial charge in [0.25, 0.3) is 5.91 Å². The van der Waals surface area contributed by atoms with Crippen LogP contribution in [0.5, 0.6) is 0 Å². The van der Waals surface area contributed by atoms with Crippen molar-refractivity contribution < 1.29 is 14.3 Å². The molecule has 1 aromatic carbocycles. The minimum atomic E-state index is -0.501. The topological polar surface area (TPSA) is 67.4 Å². The molecule has 2 amide bonds. The SMILES string of the molecule is CC(C)COC(=O)NCCNC(=O)c1cc(Cl)ccc1Cl. The average molecular weight is 333 g/mol. The molecule has 0 saturated carbocycles. The van der Waals surface area contributed by atoms with Gasteiger partial charge in [0, 0.05) is 18.1 Å². The zero-order valence-electron chi connectivity index (χ0n) is 11.9. The summed E-state index contributed by atoms with van der Waals surface area (Å²) in [5.41, 5.74) is 0.298. The zero-order valence-corrected chi connectivity index (χ0v) is 13.4. The summed E-state index contributed by atoms with van der Waals surface area (Å²) in [6, 6.07) is 4.65. The summed E-state index contributed by atoms with van der Waals surface area (Å²) in [6.45, 7) is 4.78. The van der Waals surface area contributed by atoms with Crippen LogP contribution in [0.15, 0.2) is 18.2 Å². The van der Waals surface area contributed by atoms with Crippen molar-refractivity contribution in [2.45, 2.75) is 13.8 Å². The van der Waals surface area contributed by atoms with Crippen LogP contribution in [0.3, 0.4) is 0 Å². The summed E-state index contributed by atoms with van der Waals surface area (Å²) >= 11 is 11.7. The molecule has 2 N–H and O–H groups in total. The molecule has 21 heavy (non-hydrogen) atoms. The Labute approximate surface area is 133 Å². The number of nitrogens with one attached hydrogen (secondary N) is 2. The number of hydrogen-bond donors (Lipinski definition) is 2. The Morgan fingerprint density at radius 3 is 2.52 bits per heavy atom. The fourth-order valence-electron chi connectivity index (χ4n) is 1.40. The van der Waals surface area contributed by atoms with E-state index in [-0.39, 0.29) is 24.9 Å². The molecular weight excluding hydrogens is 315 g/mol. The highest BCUT2D eigenvalue weighted by molar-refractivity contribution is 6.35. The number of halogens is 2. The van der Waals surface area contributed by atoms with Crippen molar-refractivity contribution in [3.63, 3.8) is 0 Å². The van der Waals surface area contributed by atoms with E-state index in [0.29, 0.717) is 22.2 Å². The minimum absolute atomic E-state index is 0.262. The molecular formula is C14H18Cl2N2O3. The lowest BCUT2D eigenvalue weighted by molar-refractivity contribution is 0.0951. The van der Waals surface area contributed by atoms with Gasteiger partial charge in [-0.15, -0.1) is 0 Å². The summed E-state index contributed by atoms with van der Waals surface area (Å²) in [5.74, 6) is -0.0692. The quantitative estimate of drug-likeness (QED) is 0.786. The molecule has 0 aromatic heterocycles. The average Bonchev–Trinajstić information content (AvgIpc) is 2.43. The van der Waals surface area contributed by atoms with E-state index in [1.807, 2.05) is 13.8 Å². The summed E-state index contributed by atoms with van der Waals surface area (Å²) in [6.07, 6.45) is -0.501. The van der Waals surface area contributed by atoms with Crippen molar-refractivity contribution in [2.75, 3.05) is 19.7 Å². The van der Waals surface area contributed by atoms with Gasteiger partial charge in [-0.25, -0.2) is 4.79 Å². The van der Waals surface area contributed by atoms with Gasteiger partial charge in [-0.3, -0.25) is 4.79 Å². The van der Waals surface area contributed by atoms with Crippen molar-refractivity contribution in [1.82, 2.24) is 10.6 Å². The van der Waals surface area contributed by atoms with E-state index in [1.54, 1.807) is 12.1 Å². The third-order valence-electron chi connectivity index (χ3n) is 2.40. The lowest BCUT2D eigenvalue weighted by atomic mass is 10.2. The maximum atomic E-state index is 11.9. The van der Waals surface area contributed by atoms with E-state index < -0.39 is 6.09 Å². The first kappa shape index (κ1) is 17.6. The van der Waals surface area contributed by atoms with Crippen LogP contribution < -0.4 is 10.6 Å². The standard InChI is InChI=1S/C14H18Cl2N2O3/c1-9(2)8-21-14(20)18-6-5-17-13(19)11-7-10(15)3-4-12(11)16/h3-4,7,9H,5-6,8H2,1-2H3,(H,17,19)(H,18,20). The third kappa shape index (κ3) is 6.69. The van der Waals surface area contributed by atoms with Crippen molar-refractivity contribution in [3.05, 3.63) is 33.8 Å². The number of amides is 2. The number of benzene rings is 1. The van der Waals surface area contributed by atoms with Gasteiger partial charge in [0.15, 0.2) is 0 Å². The second-order valence-electron chi connectivity index (χ2n) is 4.80. The Bertz CT molecular complexity index is 507. The van der Waals surface area contributed by atoms with Crippen molar-refractivity contribution in [2.24, 2.45) is 5.92 Å². The fourth-order valence-corrected chi connectivity index (χ4v) is 1.78. The van der Waals surface area contributed by atoms with Gasteiger partial charge in [-0.1, -0.05) is 37.0 Å². The molecule has 0 fully saturated rings. The third-order valence-corrected chi connectivity index (χ3v) is 2.97. The monoisotopic (exact) mass is 332 g/mol. The molecule has 5 nitrogen and oxygen atoms in total. The van der Waals surface area contributed by atoms with Crippen LogP contribution in [0, 0.1) is 5.92 Å². The highest BCUT2D eigenvalue weighted by Crippen LogP contribution is 2.20. The Balaban J connectivity index is 2.31. The first-order valence-electron chi connectivity index (χ1n) is 6.54. The molecule has 0 saturated heterocycles. The van der Waals surface area contributed by atoms with E-state index in [2.05, 4.69) is 10.6 Å². The number of carbonyl (C=O) groups excluding carboxylic acids is 2. The highest BCUT2D eigenvalue weighted by Gasteiger charge is 2.10. The van der Waals surface area contributed by atoms with Gasteiger partial charge in [-0.05, 0) is 24.1 Å². The van der Waals surface area contributed by atoms with Crippen LogP contribution >= 0.6 is 23.2 Å². The van der Waals surface area contributed by atoms with Gasteiger partial charge in [0.05, 0.1) is 17.2 Å². The van der Waals surface area contributed by atoms with Crippen LogP contribution in [0.4, 0.5) is 4.79 Å². The van der Waals surface area contributed by atoms with Crippen molar-refractivity contribution in [1.29, 1.82) is 0 Å². The molecule has 0 bridgehead atoms.